The number of carbonyl (C=O) groups excluding carboxylic acids is 1. The molecule has 0 spiro atoms. The van der Waals surface area contributed by atoms with E-state index in [9.17, 15) is 13.2 Å². The monoisotopic (exact) mass is 525 g/mol. The highest BCUT2D eigenvalue weighted by Crippen LogP contribution is 2.32. The highest BCUT2D eigenvalue weighted by atomic mass is 35.5. The summed E-state index contributed by atoms with van der Waals surface area (Å²) in [4.78, 5) is 19.2. The lowest BCUT2D eigenvalue weighted by molar-refractivity contribution is -0.122. The van der Waals surface area contributed by atoms with Crippen LogP contribution in [-0.4, -0.2) is 42.0 Å². The molecule has 0 saturated carbocycles. The van der Waals surface area contributed by atoms with Gasteiger partial charge in [-0.1, -0.05) is 35.3 Å². The molecular formula is C21H20ClN3O3S4. The van der Waals surface area contributed by atoms with Crippen molar-refractivity contribution in [2.75, 3.05) is 12.8 Å². The van der Waals surface area contributed by atoms with Crippen LogP contribution in [-0.2, 0) is 21.4 Å². The van der Waals surface area contributed by atoms with Gasteiger partial charge in [-0.2, -0.15) is 9.30 Å². The molecule has 32 heavy (non-hydrogen) atoms. The predicted octanol–water partition coefficient (Wildman–Crippen LogP) is 4.44. The molecule has 1 aliphatic heterocycles. The topological polar surface area (TPSA) is 71.7 Å². The van der Waals surface area contributed by atoms with E-state index >= 15 is 0 Å². The summed E-state index contributed by atoms with van der Waals surface area (Å²) in [5.74, 6) is 2.14. The molecule has 0 bridgehead atoms. The summed E-state index contributed by atoms with van der Waals surface area (Å²) >= 11 is 9.95. The van der Waals surface area contributed by atoms with Crippen LogP contribution in [0.4, 0.5) is 0 Å². The van der Waals surface area contributed by atoms with Crippen molar-refractivity contribution in [1.82, 2.24) is 8.87 Å². The standard InChI is InChI=1S/C21H20ClN3O3S4/c1-3-11-24-15-8-7-14(29-2)13-17(15)30-21(24)23-20(26)16-6-4-5-12-25(16)32(27,28)19-10-9-18(22)31-19/h1,7-10,13,16H,4-6,11-12H2,2H3. The van der Waals surface area contributed by atoms with Crippen LogP contribution in [0.1, 0.15) is 19.3 Å². The fraction of sp³-hybridized carbons (Fsp3) is 0.333. The van der Waals surface area contributed by atoms with Crippen molar-refractivity contribution in [3.05, 3.63) is 39.5 Å². The minimum absolute atomic E-state index is 0.135. The summed E-state index contributed by atoms with van der Waals surface area (Å²) in [5.41, 5.74) is 0.902. The van der Waals surface area contributed by atoms with E-state index in [-0.39, 0.29) is 17.3 Å². The van der Waals surface area contributed by atoms with Gasteiger partial charge in [0.05, 0.1) is 21.1 Å². The third-order valence-electron chi connectivity index (χ3n) is 5.20. The molecule has 3 heterocycles. The molecule has 0 N–H and O–H groups in total. The van der Waals surface area contributed by atoms with Crippen molar-refractivity contribution in [2.45, 2.75) is 41.0 Å². The van der Waals surface area contributed by atoms with Gasteiger partial charge in [-0.05, 0) is 49.4 Å². The van der Waals surface area contributed by atoms with Gasteiger partial charge >= 0.3 is 0 Å². The number of nitrogens with zero attached hydrogens (tertiary/aromatic N) is 3. The van der Waals surface area contributed by atoms with Crippen molar-refractivity contribution in [3.8, 4) is 12.3 Å². The van der Waals surface area contributed by atoms with Crippen molar-refractivity contribution in [2.24, 2.45) is 4.99 Å². The second kappa shape index (κ2) is 9.71. The fourth-order valence-electron chi connectivity index (χ4n) is 3.67. The van der Waals surface area contributed by atoms with Gasteiger partial charge in [-0.25, -0.2) is 8.42 Å². The Morgan fingerprint density at radius 1 is 1.31 bits per heavy atom. The number of thioether (sulfide) groups is 1. The molecule has 1 amide bonds. The second-order valence-corrected chi connectivity index (χ2v) is 12.9. The number of halogens is 1. The van der Waals surface area contributed by atoms with Crippen LogP contribution in [0.15, 0.2) is 44.4 Å². The fourth-order valence-corrected chi connectivity index (χ4v) is 8.52. The zero-order valence-electron chi connectivity index (χ0n) is 17.2. The van der Waals surface area contributed by atoms with E-state index in [1.54, 1.807) is 17.8 Å². The number of sulfonamides is 1. The average Bonchev–Trinajstić information content (AvgIpc) is 3.37. The quantitative estimate of drug-likeness (QED) is 0.364. The van der Waals surface area contributed by atoms with Crippen LogP contribution in [0.25, 0.3) is 10.2 Å². The third kappa shape index (κ3) is 4.55. The molecule has 1 fully saturated rings. The molecule has 1 unspecified atom stereocenters. The second-order valence-electron chi connectivity index (χ2n) is 7.14. The van der Waals surface area contributed by atoms with Crippen molar-refractivity contribution in [1.29, 1.82) is 0 Å². The predicted molar refractivity (Wildman–Crippen MR) is 132 cm³/mol. The lowest BCUT2D eigenvalue weighted by Gasteiger charge is -2.31. The number of thiophene rings is 1. The normalized spacial score (nSPS) is 18.2. The zero-order chi connectivity index (χ0) is 22.9. The number of hydrogen-bond acceptors (Lipinski definition) is 6. The molecule has 4 rings (SSSR count). The first-order valence-corrected chi connectivity index (χ1v) is 14.5. The molecule has 0 aliphatic carbocycles. The Balaban J connectivity index is 1.75. The number of rotatable bonds is 5. The Morgan fingerprint density at radius 2 is 2.12 bits per heavy atom. The van der Waals surface area contributed by atoms with Crippen LogP contribution in [0.3, 0.4) is 0 Å². The largest absolute Gasteiger partial charge is 0.305 e. The Hall–Kier alpha value is -1.61. The van der Waals surface area contributed by atoms with Crippen LogP contribution in [0.5, 0.6) is 0 Å². The Bertz CT molecular complexity index is 1380. The number of amides is 1. The first kappa shape index (κ1) is 23.5. The minimum atomic E-state index is -3.83. The number of carbonyl (C=O) groups is 1. The van der Waals surface area contributed by atoms with E-state index in [0.29, 0.717) is 22.0 Å². The highest BCUT2D eigenvalue weighted by Gasteiger charge is 2.38. The molecule has 1 aliphatic rings. The van der Waals surface area contributed by atoms with Crippen molar-refractivity contribution < 1.29 is 13.2 Å². The first-order chi connectivity index (χ1) is 15.3. The average molecular weight is 526 g/mol. The number of benzene rings is 1. The van der Waals surface area contributed by atoms with Crippen molar-refractivity contribution >= 4 is 72.2 Å². The summed E-state index contributed by atoms with van der Waals surface area (Å²) < 4.78 is 31.0. The first-order valence-electron chi connectivity index (χ1n) is 9.81. The van der Waals surface area contributed by atoms with Gasteiger partial charge in [-0.3, -0.25) is 4.79 Å². The van der Waals surface area contributed by atoms with E-state index in [0.717, 1.165) is 32.9 Å². The van der Waals surface area contributed by atoms with E-state index in [4.69, 9.17) is 18.0 Å². The molecule has 6 nitrogen and oxygen atoms in total. The Kier molecular flexibility index (Phi) is 7.14. The molecule has 3 aromatic rings. The van der Waals surface area contributed by atoms with Gasteiger partial charge in [-0.15, -0.1) is 29.5 Å². The number of hydrogen-bond donors (Lipinski definition) is 0. The summed E-state index contributed by atoms with van der Waals surface area (Å²) in [7, 11) is -3.83. The van der Waals surface area contributed by atoms with E-state index < -0.39 is 22.0 Å². The molecular weight excluding hydrogens is 506 g/mol. The Labute approximate surface area is 204 Å². The lowest BCUT2D eigenvalue weighted by Crippen LogP contribution is -2.47. The summed E-state index contributed by atoms with van der Waals surface area (Å²) in [6.45, 7) is 0.544. The van der Waals surface area contributed by atoms with Gasteiger partial charge in [0.2, 0.25) is 0 Å². The van der Waals surface area contributed by atoms with E-state index in [1.165, 1.54) is 21.7 Å². The maximum absolute atomic E-state index is 13.3. The smallest absolute Gasteiger partial charge is 0.266 e. The number of terminal acetylenes is 1. The lowest BCUT2D eigenvalue weighted by atomic mass is 10.0. The van der Waals surface area contributed by atoms with Gasteiger partial charge in [0.25, 0.3) is 15.9 Å². The Morgan fingerprint density at radius 3 is 2.81 bits per heavy atom. The highest BCUT2D eigenvalue weighted by molar-refractivity contribution is 7.98. The SMILES string of the molecule is C#CCn1c(=NC(=O)C2CCCCN2S(=O)(=O)c2ccc(Cl)s2)sc2cc(SC)ccc21. The number of piperidine rings is 1. The summed E-state index contributed by atoms with van der Waals surface area (Å²) in [5, 5.41) is 0. The van der Waals surface area contributed by atoms with E-state index in [2.05, 4.69) is 10.9 Å². The molecule has 11 heteroatoms. The molecule has 2 aromatic heterocycles. The molecule has 1 saturated heterocycles. The molecule has 1 atom stereocenters. The van der Waals surface area contributed by atoms with Crippen LogP contribution >= 0.6 is 46.0 Å². The zero-order valence-corrected chi connectivity index (χ0v) is 21.2. The van der Waals surface area contributed by atoms with E-state index in [1.807, 2.05) is 29.0 Å². The van der Waals surface area contributed by atoms with Gasteiger partial charge in [0.1, 0.15) is 10.3 Å². The van der Waals surface area contributed by atoms with Crippen LogP contribution < -0.4 is 4.80 Å². The van der Waals surface area contributed by atoms with Crippen LogP contribution in [0.2, 0.25) is 4.34 Å². The van der Waals surface area contributed by atoms with Crippen molar-refractivity contribution in [3.63, 3.8) is 0 Å². The third-order valence-corrected chi connectivity index (χ3v) is 10.6. The summed E-state index contributed by atoms with van der Waals surface area (Å²) in [6.07, 6.45) is 9.44. The summed E-state index contributed by atoms with van der Waals surface area (Å²) in [6, 6.07) is 8.19. The van der Waals surface area contributed by atoms with Gasteiger partial charge < -0.3 is 4.57 Å². The van der Waals surface area contributed by atoms with Gasteiger partial charge in [0.15, 0.2) is 4.80 Å². The minimum Gasteiger partial charge on any atom is -0.305 e. The van der Waals surface area contributed by atoms with Gasteiger partial charge in [0, 0.05) is 11.4 Å². The number of thiazole rings is 1. The van der Waals surface area contributed by atoms with Crippen LogP contribution in [0, 0.1) is 12.3 Å². The molecule has 1 aromatic carbocycles. The maximum Gasteiger partial charge on any atom is 0.266 e. The maximum atomic E-state index is 13.3. The molecule has 0 radical (unpaired) electrons. The molecule has 168 valence electrons. The number of aromatic nitrogens is 1. The number of fused-ring (bicyclic) bond motifs is 1.